The molecule has 9 heteroatoms. The zero-order chi connectivity index (χ0) is 26.0. The number of halogens is 1. The molecule has 4 aromatic carbocycles. The van der Waals surface area contributed by atoms with E-state index in [9.17, 15) is 9.59 Å². The molecule has 0 heterocycles. The molecule has 0 atom stereocenters. The number of benzene rings is 4. The van der Waals surface area contributed by atoms with Gasteiger partial charge in [-0.05, 0) is 68.7 Å². The fraction of sp³-hybridized carbons (Fsp3) is 0.107. The maximum atomic E-state index is 12.6. The van der Waals surface area contributed by atoms with Crippen LogP contribution in [-0.4, -0.2) is 30.1 Å². The van der Waals surface area contributed by atoms with Crippen LogP contribution >= 0.6 is 28.1 Å². The standard InChI is InChI=1S/C28H24BrN3O4S/c29-26-23-12-5-4-9-20(23)13-14-24(26)36-18-25(33)31-32-28(37)30-27(34)21-10-6-11-22(17-21)35-16-15-19-7-2-1-3-8-19/h1-14,17H,15-16,18H2,(H,31,33)(H2,30,32,34,37). The molecule has 0 aliphatic heterocycles. The number of nitrogens with one attached hydrogen (secondary N) is 3. The Bertz CT molecular complexity index is 1420. The van der Waals surface area contributed by atoms with Crippen molar-refractivity contribution in [2.24, 2.45) is 0 Å². The van der Waals surface area contributed by atoms with Gasteiger partial charge in [-0.15, -0.1) is 0 Å². The summed E-state index contributed by atoms with van der Waals surface area (Å²) in [6.45, 7) is 0.238. The van der Waals surface area contributed by atoms with Crippen molar-refractivity contribution < 1.29 is 19.1 Å². The molecule has 188 valence electrons. The van der Waals surface area contributed by atoms with Crippen LogP contribution in [0.15, 0.2) is 95.5 Å². The number of hydrogen-bond donors (Lipinski definition) is 3. The molecule has 0 spiro atoms. The van der Waals surface area contributed by atoms with E-state index in [-0.39, 0.29) is 11.7 Å². The van der Waals surface area contributed by atoms with Gasteiger partial charge < -0.3 is 9.47 Å². The third kappa shape index (κ3) is 7.52. The van der Waals surface area contributed by atoms with Crippen LogP contribution in [0.4, 0.5) is 0 Å². The number of hydrogen-bond acceptors (Lipinski definition) is 5. The topological polar surface area (TPSA) is 88.7 Å². The van der Waals surface area contributed by atoms with Crippen molar-refractivity contribution in [3.05, 3.63) is 107 Å². The summed E-state index contributed by atoms with van der Waals surface area (Å²) in [5, 5.41) is 4.51. The number of amides is 2. The first kappa shape index (κ1) is 26.1. The van der Waals surface area contributed by atoms with Crippen molar-refractivity contribution in [3.63, 3.8) is 0 Å². The fourth-order valence-corrected chi connectivity index (χ4v) is 4.25. The molecule has 3 N–H and O–H groups in total. The lowest BCUT2D eigenvalue weighted by Crippen LogP contribution is -2.49. The average molecular weight is 578 g/mol. The van der Waals surface area contributed by atoms with Gasteiger partial charge in [-0.2, -0.15) is 0 Å². The number of carbonyl (C=O) groups is 2. The van der Waals surface area contributed by atoms with Crippen LogP contribution in [-0.2, 0) is 11.2 Å². The summed E-state index contributed by atoms with van der Waals surface area (Å²) in [6, 6.07) is 28.3. The van der Waals surface area contributed by atoms with E-state index < -0.39 is 11.8 Å². The summed E-state index contributed by atoms with van der Waals surface area (Å²) in [5.74, 6) is 0.213. The molecule has 0 aliphatic carbocycles. The zero-order valence-corrected chi connectivity index (χ0v) is 22.1. The number of ether oxygens (including phenoxy) is 2. The van der Waals surface area contributed by atoms with E-state index >= 15 is 0 Å². The molecule has 0 bridgehead atoms. The van der Waals surface area contributed by atoms with Gasteiger partial charge in [-0.3, -0.25) is 25.8 Å². The minimum Gasteiger partial charge on any atom is -0.493 e. The molecule has 0 aromatic heterocycles. The SMILES string of the molecule is O=C(COc1ccc2ccccc2c1Br)NNC(=S)NC(=O)c1cccc(OCCc2ccccc2)c1. The lowest BCUT2D eigenvalue weighted by Gasteiger charge is -2.13. The van der Waals surface area contributed by atoms with Gasteiger partial charge in [0.15, 0.2) is 11.7 Å². The minimum atomic E-state index is -0.467. The molecule has 4 rings (SSSR count). The Labute approximate surface area is 228 Å². The monoisotopic (exact) mass is 577 g/mol. The van der Waals surface area contributed by atoms with Gasteiger partial charge in [0.05, 0.1) is 11.1 Å². The minimum absolute atomic E-state index is 0.0550. The summed E-state index contributed by atoms with van der Waals surface area (Å²) >= 11 is 8.64. The van der Waals surface area contributed by atoms with Crippen molar-refractivity contribution in [2.75, 3.05) is 13.2 Å². The second-order valence-corrected chi connectivity index (χ2v) is 9.16. The number of hydrazine groups is 1. The molecular formula is C28H24BrN3O4S. The average Bonchev–Trinajstić information content (AvgIpc) is 2.92. The van der Waals surface area contributed by atoms with Crippen LogP contribution in [0.5, 0.6) is 11.5 Å². The van der Waals surface area contributed by atoms with Crippen molar-refractivity contribution in [1.82, 2.24) is 16.2 Å². The van der Waals surface area contributed by atoms with Crippen LogP contribution in [0.2, 0.25) is 0 Å². The summed E-state index contributed by atoms with van der Waals surface area (Å²) in [7, 11) is 0. The smallest absolute Gasteiger partial charge is 0.276 e. The Morgan fingerprint density at radius 1 is 0.838 bits per heavy atom. The van der Waals surface area contributed by atoms with Gasteiger partial charge in [-0.25, -0.2) is 0 Å². The summed E-state index contributed by atoms with van der Waals surface area (Å²) in [4.78, 5) is 24.8. The van der Waals surface area contributed by atoms with Crippen molar-refractivity contribution >= 4 is 55.8 Å². The molecule has 0 unspecified atom stereocenters. The highest BCUT2D eigenvalue weighted by Gasteiger charge is 2.11. The molecule has 0 aliphatic rings. The molecule has 0 radical (unpaired) electrons. The molecule has 7 nitrogen and oxygen atoms in total. The number of fused-ring (bicyclic) bond motifs is 1. The highest BCUT2D eigenvalue weighted by molar-refractivity contribution is 9.10. The predicted molar refractivity (Wildman–Crippen MR) is 151 cm³/mol. The zero-order valence-electron chi connectivity index (χ0n) is 19.7. The quantitative estimate of drug-likeness (QED) is 0.203. The summed E-state index contributed by atoms with van der Waals surface area (Å²) < 4.78 is 12.2. The van der Waals surface area contributed by atoms with E-state index in [0.717, 1.165) is 21.7 Å². The first-order valence-electron chi connectivity index (χ1n) is 11.5. The Hall–Kier alpha value is -3.95. The second kappa shape index (κ2) is 12.8. The van der Waals surface area contributed by atoms with Crippen LogP contribution in [0.25, 0.3) is 10.8 Å². The lowest BCUT2D eigenvalue weighted by molar-refractivity contribution is -0.123. The highest BCUT2D eigenvalue weighted by Crippen LogP contribution is 2.32. The number of rotatable bonds is 8. The Kier molecular flexibility index (Phi) is 9.07. The van der Waals surface area contributed by atoms with Gasteiger partial charge in [-0.1, -0.05) is 66.7 Å². The largest absolute Gasteiger partial charge is 0.493 e. The third-order valence-electron chi connectivity index (χ3n) is 5.33. The molecule has 0 saturated carbocycles. The van der Waals surface area contributed by atoms with E-state index in [1.165, 1.54) is 5.56 Å². The number of carbonyl (C=O) groups excluding carboxylic acids is 2. The van der Waals surface area contributed by atoms with Crippen LogP contribution < -0.4 is 25.6 Å². The molecule has 2 amide bonds. The Morgan fingerprint density at radius 2 is 1.62 bits per heavy atom. The molecule has 0 fully saturated rings. The van der Waals surface area contributed by atoms with Gasteiger partial charge in [0.2, 0.25) is 0 Å². The lowest BCUT2D eigenvalue weighted by atomic mass is 10.1. The highest BCUT2D eigenvalue weighted by atomic mass is 79.9. The van der Waals surface area contributed by atoms with Gasteiger partial charge >= 0.3 is 0 Å². The maximum absolute atomic E-state index is 12.6. The Morgan fingerprint density at radius 3 is 2.46 bits per heavy atom. The number of thiocarbonyl (C=S) groups is 1. The fourth-order valence-electron chi connectivity index (χ4n) is 3.50. The van der Waals surface area contributed by atoms with Crippen LogP contribution in [0.3, 0.4) is 0 Å². The van der Waals surface area contributed by atoms with E-state index in [1.807, 2.05) is 60.7 Å². The van der Waals surface area contributed by atoms with Crippen LogP contribution in [0, 0.1) is 0 Å². The molecule has 0 saturated heterocycles. The van der Waals surface area contributed by atoms with Crippen LogP contribution in [0.1, 0.15) is 15.9 Å². The van der Waals surface area contributed by atoms with Crippen molar-refractivity contribution in [1.29, 1.82) is 0 Å². The van der Waals surface area contributed by atoms with Gasteiger partial charge in [0, 0.05) is 12.0 Å². The van der Waals surface area contributed by atoms with Crippen molar-refractivity contribution in [3.8, 4) is 11.5 Å². The molecular weight excluding hydrogens is 554 g/mol. The van der Waals surface area contributed by atoms with Gasteiger partial charge in [0.1, 0.15) is 11.5 Å². The first-order valence-corrected chi connectivity index (χ1v) is 12.7. The predicted octanol–water partition coefficient (Wildman–Crippen LogP) is 4.94. The molecule has 4 aromatic rings. The van der Waals surface area contributed by atoms with E-state index in [1.54, 1.807) is 30.3 Å². The van der Waals surface area contributed by atoms with E-state index in [0.29, 0.717) is 23.7 Å². The van der Waals surface area contributed by atoms with E-state index in [4.69, 9.17) is 21.7 Å². The first-order chi connectivity index (χ1) is 18.0. The van der Waals surface area contributed by atoms with Crippen molar-refractivity contribution in [2.45, 2.75) is 6.42 Å². The third-order valence-corrected chi connectivity index (χ3v) is 6.35. The normalized spacial score (nSPS) is 10.4. The summed E-state index contributed by atoms with van der Waals surface area (Å²) in [6.07, 6.45) is 0.756. The Balaban J connectivity index is 1.21. The van der Waals surface area contributed by atoms with E-state index in [2.05, 4.69) is 32.1 Å². The summed E-state index contributed by atoms with van der Waals surface area (Å²) in [5.41, 5.74) is 6.46. The maximum Gasteiger partial charge on any atom is 0.276 e. The van der Waals surface area contributed by atoms with Gasteiger partial charge in [0.25, 0.3) is 11.8 Å². The molecule has 37 heavy (non-hydrogen) atoms. The second-order valence-electron chi connectivity index (χ2n) is 7.96.